The molecule has 0 saturated heterocycles. The van der Waals surface area contributed by atoms with E-state index < -0.39 is 10.0 Å². The van der Waals surface area contributed by atoms with Gasteiger partial charge in [0.05, 0.1) is 7.57 Å². The monoisotopic (exact) mass is 438 g/mol. The van der Waals surface area contributed by atoms with Crippen LogP contribution in [0.25, 0.3) is 0 Å². The summed E-state index contributed by atoms with van der Waals surface area (Å²) in [6, 6.07) is 10.6. The lowest BCUT2D eigenvalue weighted by molar-refractivity contribution is 0.572. The zero-order valence-corrected chi connectivity index (χ0v) is 15.0. The summed E-state index contributed by atoms with van der Waals surface area (Å²) in [5.74, 6) is 0. The van der Waals surface area contributed by atoms with Crippen LogP contribution >= 0.6 is 43.2 Å². The van der Waals surface area contributed by atoms with E-state index in [1.807, 2.05) is 30.3 Å². The first-order chi connectivity index (χ1) is 9.40. The van der Waals surface area contributed by atoms with Crippen LogP contribution in [-0.2, 0) is 10.0 Å². The van der Waals surface area contributed by atoms with E-state index in [1.54, 1.807) is 6.07 Å². The Balaban J connectivity index is 2.08. The minimum absolute atomic E-state index is 0.145. The van der Waals surface area contributed by atoms with Crippen LogP contribution < -0.4 is 10.5 Å². The van der Waals surface area contributed by atoms with Gasteiger partial charge in [0, 0.05) is 12.6 Å². The number of hydrogen-bond donors (Lipinski definition) is 2. The highest BCUT2D eigenvalue weighted by Crippen LogP contribution is 2.34. The first kappa shape index (κ1) is 16.1. The molecule has 8 heteroatoms. The molecule has 0 amide bonds. The Morgan fingerprint density at radius 3 is 2.45 bits per heavy atom. The first-order valence-electron chi connectivity index (χ1n) is 5.65. The second-order valence-electron chi connectivity index (χ2n) is 4.06. The van der Waals surface area contributed by atoms with Gasteiger partial charge in [-0.1, -0.05) is 30.3 Å². The number of thiophene rings is 1. The molecule has 0 aliphatic carbocycles. The maximum atomic E-state index is 12.2. The van der Waals surface area contributed by atoms with Crippen LogP contribution in [0.5, 0.6) is 0 Å². The van der Waals surface area contributed by atoms with Crippen molar-refractivity contribution in [3.63, 3.8) is 0 Å². The zero-order chi connectivity index (χ0) is 14.8. The lowest BCUT2D eigenvalue weighted by Gasteiger charge is -2.13. The van der Waals surface area contributed by atoms with E-state index in [-0.39, 0.29) is 17.5 Å². The number of nitrogens with two attached hydrogens (primary N) is 1. The van der Waals surface area contributed by atoms with Crippen molar-refractivity contribution in [2.75, 3.05) is 6.54 Å². The smallest absolute Gasteiger partial charge is 0.242 e. The van der Waals surface area contributed by atoms with Crippen LogP contribution in [0.1, 0.15) is 11.6 Å². The maximum absolute atomic E-state index is 12.2. The summed E-state index contributed by atoms with van der Waals surface area (Å²) in [6.07, 6.45) is 0. The number of sulfonamides is 1. The van der Waals surface area contributed by atoms with Crippen LogP contribution in [0, 0.1) is 0 Å². The SMILES string of the molecule is NC(CNS(=O)(=O)c1cc(Br)sc1Br)c1ccccc1. The van der Waals surface area contributed by atoms with Crippen LogP contribution in [0.3, 0.4) is 0 Å². The predicted octanol–water partition coefficient (Wildman–Crippen LogP) is 3.25. The standard InChI is InChI=1S/C12H12Br2N2O2S2/c13-11-6-10(12(14)19-11)20(17,18)16-7-9(15)8-4-2-1-3-5-8/h1-6,9,16H,7,15H2. The Kier molecular flexibility index (Phi) is 5.38. The minimum atomic E-state index is -3.57. The second-order valence-corrected chi connectivity index (χ2v) is 9.54. The van der Waals surface area contributed by atoms with E-state index in [0.717, 1.165) is 9.35 Å². The molecule has 0 aliphatic rings. The first-order valence-corrected chi connectivity index (χ1v) is 9.54. The third-order valence-corrected chi connectivity index (χ3v) is 6.81. The molecule has 3 N–H and O–H groups in total. The Hall–Kier alpha value is -0.250. The maximum Gasteiger partial charge on any atom is 0.242 e. The number of nitrogens with one attached hydrogen (secondary N) is 1. The lowest BCUT2D eigenvalue weighted by atomic mass is 10.1. The zero-order valence-electron chi connectivity index (χ0n) is 10.2. The molecule has 1 heterocycles. The molecule has 0 saturated carbocycles. The van der Waals surface area contributed by atoms with E-state index in [0.29, 0.717) is 3.79 Å². The van der Waals surface area contributed by atoms with Crippen molar-refractivity contribution in [1.82, 2.24) is 4.72 Å². The Morgan fingerprint density at radius 2 is 1.90 bits per heavy atom. The van der Waals surface area contributed by atoms with Gasteiger partial charge in [-0.25, -0.2) is 13.1 Å². The van der Waals surface area contributed by atoms with E-state index in [4.69, 9.17) is 5.73 Å². The minimum Gasteiger partial charge on any atom is -0.323 e. The molecule has 1 aromatic carbocycles. The van der Waals surface area contributed by atoms with Gasteiger partial charge in [0.2, 0.25) is 10.0 Å². The number of rotatable bonds is 5. The molecule has 2 aromatic rings. The fourth-order valence-electron chi connectivity index (χ4n) is 1.60. The quantitative estimate of drug-likeness (QED) is 0.750. The topological polar surface area (TPSA) is 72.2 Å². The van der Waals surface area contributed by atoms with Gasteiger partial charge in [0.15, 0.2) is 0 Å². The summed E-state index contributed by atoms with van der Waals surface area (Å²) in [5.41, 5.74) is 6.87. The van der Waals surface area contributed by atoms with Gasteiger partial charge in [-0.15, -0.1) is 11.3 Å². The Bertz CT molecular complexity index is 687. The van der Waals surface area contributed by atoms with E-state index >= 15 is 0 Å². The highest BCUT2D eigenvalue weighted by molar-refractivity contribution is 9.12. The molecule has 108 valence electrons. The Morgan fingerprint density at radius 1 is 1.25 bits per heavy atom. The molecular weight excluding hydrogens is 428 g/mol. The summed E-state index contributed by atoms with van der Waals surface area (Å²) >= 11 is 7.82. The molecule has 0 aliphatic heterocycles. The van der Waals surface area contributed by atoms with Crippen molar-refractivity contribution in [2.45, 2.75) is 10.9 Å². The van der Waals surface area contributed by atoms with Crippen molar-refractivity contribution >= 4 is 53.2 Å². The van der Waals surface area contributed by atoms with Crippen LogP contribution in [0.15, 0.2) is 48.9 Å². The molecular formula is C12H12Br2N2O2S2. The highest BCUT2D eigenvalue weighted by atomic mass is 79.9. The van der Waals surface area contributed by atoms with Gasteiger partial charge in [0.25, 0.3) is 0 Å². The van der Waals surface area contributed by atoms with E-state index in [2.05, 4.69) is 36.6 Å². The predicted molar refractivity (Wildman–Crippen MR) is 88.3 cm³/mol. The summed E-state index contributed by atoms with van der Waals surface area (Å²) < 4.78 is 28.2. The molecule has 1 unspecified atom stereocenters. The largest absolute Gasteiger partial charge is 0.323 e. The second kappa shape index (κ2) is 6.67. The molecule has 1 atom stereocenters. The Labute approximate surface area is 138 Å². The number of halogens is 2. The summed E-state index contributed by atoms with van der Waals surface area (Å²) in [6.45, 7) is 0.145. The van der Waals surface area contributed by atoms with Gasteiger partial charge >= 0.3 is 0 Å². The van der Waals surface area contributed by atoms with Gasteiger partial charge in [-0.3, -0.25) is 0 Å². The normalized spacial score (nSPS) is 13.3. The van der Waals surface area contributed by atoms with Gasteiger partial charge in [0.1, 0.15) is 4.90 Å². The van der Waals surface area contributed by atoms with Crippen molar-refractivity contribution in [3.8, 4) is 0 Å². The fourth-order valence-corrected chi connectivity index (χ4v) is 6.47. The van der Waals surface area contributed by atoms with Gasteiger partial charge in [-0.2, -0.15) is 0 Å². The molecule has 4 nitrogen and oxygen atoms in total. The molecule has 2 rings (SSSR count). The van der Waals surface area contributed by atoms with E-state index in [1.165, 1.54) is 11.3 Å². The van der Waals surface area contributed by atoms with Crippen molar-refractivity contribution in [2.24, 2.45) is 5.73 Å². The van der Waals surface area contributed by atoms with Crippen LogP contribution in [0.4, 0.5) is 0 Å². The van der Waals surface area contributed by atoms with Crippen molar-refractivity contribution < 1.29 is 8.42 Å². The fraction of sp³-hybridized carbons (Fsp3) is 0.167. The van der Waals surface area contributed by atoms with Crippen molar-refractivity contribution in [1.29, 1.82) is 0 Å². The third-order valence-electron chi connectivity index (χ3n) is 2.64. The van der Waals surface area contributed by atoms with Gasteiger partial charge < -0.3 is 5.73 Å². The lowest BCUT2D eigenvalue weighted by Crippen LogP contribution is -2.31. The van der Waals surface area contributed by atoms with Crippen molar-refractivity contribution in [3.05, 3.63) is 49.5 Å². The molecule has 0 spiro atoms. The molecule has 0 bridgehead atoms. The summed E-state index contributed by atoms with van der Waals surface area (Å²) in [5, 5.41) is 0. The highest BCUT2D eigenvalue weighted by Gasteiger charge is 2.21. The summed E-state index contributed by atoms with van der Waals surface area (Å²) in [7, 11) is -3.57. The molecule has 20 heavy (non-hydrogen) atoms. The van der Waals surface area contributed by atoms with Gasteiger partial charge in [-0.05, 0) is 43.5 Å². The third kappa shape index (κ3) is 3.90. The number of benzene rings is 1. The average Bonchev–Trinajstić information content (AvgIpc) is 2.77. The van der Waals surface area contributed by atoms with Crippen LogP contribution in [0.2, 0.25) is 0 Å². The summed E-state index contributed by atoms with van der Waals surface area (Å²) in [4.78, 5) is 0.217. The number of hydrogen-bond acceptors (Lipinski definition) is 4. The molecule has 0 radical (unpaired) electrons. The molecule has 1 aromatic heterocycles. The van der Waals surface area contributed by atoms with E-state index in [9.17, 15) is 8.42 Å². The molecule has 0 fully saturated rings. The average molecular weight is 440 g/mol. The van der Waals surface area contributed by atoms with Crippen LogP contribution in [-0.4, -0.2) is 15.0 Å².